The summed E-state index contributed by atoms with van der Waals surface area (Å²) >= 11 is 5.85. The first kappa shape index (κ1) is 10.3. The van der Waals surface area contributed by atoms with E-state index in [-0.39, 0.29) is 12.5 Å². The Morgan fingerprint density at radius 1 is 1.60 bits per heavy atom. The molecule has 1 atom stereocenters. The summed E-state index contributed by atoms with van der Waals surface area (Å²) in [5.74, 6) is 0.458. The van der Waals surface area contributed by atoms with Gasteiger partial charge in [0.1, 0.15) is 18.4 Å². The van der Waals surface area contributed by atoms with Crippen molar-refractivity contribution in [1.29, 1.82) is 0 Å². The number of rotatable bonds is 0. The standard InChI is InChI=1S/C10H11ClN2O2/c1-13-8-4-6(11)2-3-9(8)15-5-7(12)10(13)14/h2-4,7H,5,12H2,1H3/t7-/m0/s1. The Morgan fingerprint density at radius 3 is 3.07 bits per heavy atom. The van der Waals surface area contributed by atoms with Crippen LogP contribution < -0.4 is 15.4 Å². The number of hydrogen-bond acceptors (Lipinski definition) is 3. The Bertz CT molecular complexity index is 408. The lowest BCUT2D eigenvalue weighted by Crippen LogP contribution is -2.43. The number of ether oxygens (including phenoxy) is 1. The van der Waals surface area contributed by atoms with Gasteiger partial charge >= 0.3 is 0 Å². The van der Waals surface area contributed by atoms with E-state index in [0.29, 0.717) is 16.5 Å². The predicted octanol–water partition coefficient (Wildman–Crippen LogP) is 1.02. The van der Waals surface area contributed by atoms with Crippen molar-refractivity contribution < 1.29 is 9.53 Å². The minimum Gasteiger partial charge on any atom is -0.489 e. The Morgan fingerprint density at radius 2 is 2.33 bits per heavy atom. The van der Waals surface area contributed by atoms with Crippen molar-refractivity contribution in [3.63, 3.8) is 0 Å². The van der Waals surface area contributed by atoms with Gasteiger partial charge in [0.25, 0.3) is 0 Å². The molecule has 80 valence electrons. The number of fused-ring (bicyclic) bond motifs is 1. The number of nitrogens with two attached hydrogens (primary N) is 1. The highest BCUT2D eigenvalue weighted by Crippen LogP contribution is 2.32. The van der Waals surface area contributed by atoms with E-state index in [9.17, 15) is 4.79 Å². The zero-order valence-corrected chi connectivity index (χ0v) is 8.99. The van der Waals surface area contributed by atoms with Gasteiger partial charge in [-0.3, -0.25) is 4.79 Å². The molecule has 1 aromatic carbocycles. The van der Waals surface area contributed by atoms with Crippen LogP contribution in [0, 0.1) is 0 Å². The fourth-order valence-electron chi connectivity index (χ4n) is 1.49. The van der Waals surface area contributed by atoms with Crippen molar-refractivity contribution >= 4 is 23.2 Å². The van der Waals surface area contributed by atoms with Crippen LogP contribution in [0.2, 0.25) is 5.02 Å². The number of amides is 1. The molecule has 2 N–H and O–H groups in total. The monoisotopic (exact) mass is 226 g/mol. The molecule has 0 aliphatic carbocycles. The SMILES string of the molecule is CN1C(=O)[C@@H](N)COc2ccc(Cl)cc21. The molecule has 0 saturated carbocycles. The third-order valence-electron chi connectivity index (χ3n) is 2.35. The highest BCUT2D eigenvalue weighted by atomic mass is 35.5. The lowest BCUT2D eigenvalue weighted by Gasteiger charge is -2.17. The van der Waals surface area contributed by atoms with Crippen LogP contribution in [0.5, 0.6) is 5.75 Å². The van der Waals surface area contributed by atoms with Crippen molar-refractivity contribution in [3.05, 3.63) is 23.2 Å². The maximum atomic E-state index is 11.7. The van der Waals surface area contributed by atoms with Crippen LogP contribution in [0.4, 0.5) is 5.69 Å². The quantitative estimate of drug-likeness (QED) is 0.719. The molecule has 0 saturated heterocycles. The van der Waals surface area contributed by atoms with Crippen molar-refractivity contribution in [1.82, 2.24) is 0 Å². The van der Waals surface area contributed by atoms with Crippen LogP contribution >= 0.6 is 11.6 Å². The molecule has 0 fully saturated rings. The van der Waals surface area contributed by atoms with Crippen LogP contribution in [-0.4, -0.2) is 25.6 Å². The molecule has 1 aliphatic heterocycles. The van der Waals surface area contributed by atoms with E-state index in [1.807, 2.05) is 0 Å². The fourth-order valence-corrected chi connectivity index (χ4v) is 1.66. The summed E-state index contributed by atoms with van der Waals surface area (Å²) in [4.78, 5) is 13.2. The smallest absolute Gasteiger partial charge is 0.247 e. The fraction of sp³-hybridized carbons (Fsp3) is 0.300. The van der Waals surface area contributed by atoms with E-state index in [2.05, 4.69) is 0 Å². The second kappa shape index (κ2) is 3.72. The van der Waals surface area contributed by atoms with Gasteiger partial charge in [-0.15, -0.1) is 0 Å². The molecule has 15 heavy (non-hydrogen) atoms. The Kier molecular flexibility index (Phi) is 2.54. The van der Waals surface area contributed by atoms with E-state index >= 15 is 0 Å². The van der Waals surface area contributed by atoms with Crippen molar-refractivity contribution in [2.45, 2.75) is 6.04 Å². The van der Waals surface area contributed by atoms with Gasteiger partial charge in [0, 0.05) is 12.1 Å². The minimum absolute atomic E-state index is 0.170. The van der Waals surface area contributed by atoms with E-state index in [0.717, 1.165) is 0 Å². The number of carbonyl (C=O) groups excluding carboxylic acids is 1. The Hall–Kier alpha value is -1.26. The number of likely N-dealkylation sites (N-methyl/N-ethyl adjacent to an activating group) is 1. The van der Waals surface area contributed by atoms with Gasteiger partial charge in [-0.2, -0.15) is 0 Å². The topological polar surface area (TPSA) is 55.6 Å². The van der Waals surface area contributed by atoms with Gasteiger partial charge in [0.2, 0.25) is 5.91 Å². The van der Waals surface area contributed by atoms with Crippen LogP contribution in [0.3, 0.4) is 0 Å². The lowest BCUT2D eigenvalue weighted by molar-refractivity contribution is -0.119. The lowest BCUT2D eigenvalue weighted by atomic mass is 10.2. The van der Waals surface area contributed by atoms with E-state index in [1.54, 1.807) is 25.2 Å². The van der Waals surface area contributed by atoms with Gasteiger partial charge in [0.15, 0.2) is 0 Å². The third-order valence-corrected chi connectivity index (χ3v) is 2.58. The molecular weight excluding hydrogens is 216 g/mol. The normalized spacial score (nSPS) is 20.6. The number of benzene rings is 1. The molecule has 0 spiro atoms. The minimum atomic E-state index is -0.624. The average Bonchev–Trinajstić information content (AvgIpc) is 2.32. The van der Waals surface area contributed by atoms with Gasteiger partial charge in [0.05, 0.1) is 5.69 Å². The van der Waals surface area contributed by atoms with E-state index < -0.39 is 6.04 Å². The molecule has 0 unspecified atom stereocenters. The number of anilines is 1. The van der Waals surface area contributed by atoms with Crippen molar-refractivity contribution in [2.24, 2.45) is 5.73 Å². The number of hydrogen-bond donors (Lipinski definition) is 1. The number of halogens is 1. The highest BCUT2D eigenvalue weighted by molar-refractivity contribution is 6.31. The van der Waals surface area contributed by atoms with Crippen molar-refractivity contribution in [2.75, 3.05) is 18.6 Å². The molecule has 0 bridgehead atoms. The van der Waals surface area contributed by atoms with Gasteiger partial charge in [-0.05, 0) is 18.2 Å². The summed E-state index contributed by atoms with van der Waals surface area (Å²) in [5, 5.41) is 0.562. The first-order valence-corrected chi connectivity index (χ1v) is 4.93. The summed E-state index contributed by atoms with van der Waals surface area (Å²) in [6.07, 6.45) is 0. The highest BCUT2D eigenvalue weighted by Gasteiger charge is 2.26. The molecule has 0 radical (unpaired) electrons. The van der Waals surface area contributed by atoms with Gasteiger partial charge in [-0.1, -0.05) is 11.6 Å². The molecular formula is C10H11ClN2O2. The summed E-state index contributed by atoms with van der Waals surface area (Å²) in [6, 6.07) is 4.52. The largest absolute Gasteiger partial charge is 0.489 e. The first-order valence-electron chi connectivity index (χ1n) is 4.55. The first-order chi connectivity index (χ1) is 7.09. The summed E-state index contributed by atoms with van der Waals surface area (Å²) < 4.78 is 5.41. The molecule has 2 rings (SSSR count). The summed E-state index contributed by atoms with van der Waals surface area (Å²) in [5.41, 5.74) is 6.29. The number of carbonyl (C=O) groups is 1. The zero-order chi connectivity index (χ0) is 11.0. The molecule has 1 heterocycles. The van der Waals surface area contributed by atoms with E-state index in [1.165, 1.54) is 4.90 Å². The second-order valence-corrected chi connectivity index (χ2v) is 3.86. The van der Waals surface area contributed by atoms with Gasteiger partial charge < -0.3 is 15.4 Å². The van der Waals surface area contributed by atoms with Gasteiger partial charge in [-0.25, -0.2) is 0 Å². The summed E-state index contributed by atoms with van der Waals surface area (Å²) in [7, 11) is 1.66. The average molecular weight is 227 g/mol. The third kappa shape index (κ3) is 1.78. The van der Waals surface area contributed by atoms with Crippen LogP contribution in [-0.2, 0) is 4.79 Å². The van der Waals surface area contributed by atoms with Crippen LogP contribution in [0.1, 0.15) is 0 Å². The predicted molar refractivity (Wildman–Crippen MR) is 58.3 cm³/mol. The molecule has 0 aromatic heterocycles. The van der Waals surface area contributed by atoms with Crippen molar-refractivity contribution in [3.8, 4) is 5.75 Å². The molecule has 5 heteroatoms. The second-order valence-electron chi connectivity index (χ2n) is 3.43. The Labute approximate surface area is 92.6 Å². The molecule has 4 nitrogen and oxygen atoms in total. The van der Waals surface area contributed by atoms with Crippen LogP contribution in [0.25, 0.3) is 0 Å². The zero-order valence-electron chi connectivity index (χ0n) is 8.24. The molecule has 1 amide bonds. The summed E-state index contributed by atoms with van der Waals surface area (Å²) in [6.45, 7) is 0.192. The van der Waals surface area contributed by atoms with Crippen LogP contribution in [0.15, 0.2) is 18.2 Å². The Balaban J connectivity index is 2.48. The maximum absolute atomic E-state index is 11.7. The maximum Gasteiger partial charge on any atom is 0.247 e. The molecule has 1 aromatic rings. The van der Waals surface area contributed by atoms with E-state index in [4.69, 9.17) is 22.1 Å². The molecule has 1 aliphatic rings. The number of nitrogens with zero attached hydrogens (tertiary/aromatic N) is 1.